The van der Waals surface area contributed by atoms with Crippen molar-refractivity contribution in [2.45, 2.75) is 4.90 Å². The van der Waals surface area contributed by atoms with Crippen LogP contribution in [0, 0.1) is 0 Å². The molecule has 0 unspecified atom stereocenters. The van der Waals surface area contributed by atoms with Crippen LogP contribution in [0.25, 0.3) is 10.8 Å². The Bertz CT molecular complexity index is 708. The maximum Gasteiger partial charge on any atom is 0.296 e. The Morgan fingerprint density at radius 2 is 1.71 bits per heavy atom. The molecule has 0 aliphatic heterocycles. The first kappa shape index (κ1) is 11.5. The van der Waals surface area contributed by atoms with Gasteiger partial charge in [0.1, 0.15) is 16.4 Å². The third-order valence-corrected chi connectivity index (χ3v) is 3.23. The lowest BCUT2D eigenvalue weighted by atomic mass is 10.1. The smallest absolute Gasteiger partial charge is 0.296 e. The fraction of sp³-hybridized carbons (Fsp3) is 0. The third-order valence-electron chi connectivity index (χ3n) is 2.32. The number of phenols is 2. The Balaban J connectivity index is 2.90. The summed E-state index contributed by atoms with van der Waals surface area (Å²) in [5.41, 5.74) is 5.29. The predicted octanol–water partition coefficient (Wildman–Crippen LogP) is 1.08. The van der Waals surface area contributed by atoms with Crippen molar-refractivity contribution in [3.05, 3.63) is 24.3 Å². The minimum absolute atomic E-state index is 0.180. The summed E-state index contributed by atoms with van der Waals surface area (Å²) in [5.74, 6) is -0.449. The number of anilines is 1. The highest BCUT2D eigenvalue weighted by Gasteiger charge is 2.16. The van der Waals surface area contributed by atoms with Gasteiger partial charge in [-0.05, 0) is 23.6 Å². The Morgan fingerprint density at radius 3 is 2.29 bits per heavy atom. The molecule has 5 N–H and O–H groups in total. The van der Waals surface area contributed by atoms with Crippen molar-refractivity contribution < 1.29 is 23.2 Å². The molecule has 7 heteroatoms. The lowest BCUT2D eigenvalue weighted by Crippen LogP contribution is -2.03. The lowest BCUT2D eigenvalue weighted by molar-refractivity contribution is 0.455. The van der Waals surface area contributed by atoms with Gasteiger partial charge in [0.2, 0.25) is 0 Å². The summed E-state index contributed by atoms with van der Waals surface area (Å²) in [7, 11) is -4.44. The van der Waals surface area contributed by atoms with Crippen molar-refractivity contribution in [2.24, 2.45) is 0 Å². The molecule has 2 aromatic rings. The summed E-state index contributed by atoms with van der Waals surface area (Å²) >= 11 is 0. The average molecular weight is 255 g/mol. The molecule has 2 rings (SSSR count). The Labute approximate surface area is 96.7 Å². The van der Waals surface area contributed by atoms with Gasteiger partial charge in [0.25, 0.3) is 10.1 Å². The number of nitrogen functional groups attached to an aromatic ring is 1. The van der Waals surface area contributed by atoms with Crippen molar-refractivity contribution >= 4 is 26.6 Å². The summed E-state index contributed by atoms with van der Waals surface area (Å²) in [6, 6.07) is 4.66. The second kappa shape index (κ2) is 3.51. The lowest BCUT2D eigenvalue weighted by Gasteiger charge is -2.07. The van der Waals surface area contributed by atoms with Gasteiger partial charge in [-0.3, -0.25) is 4.55 Å². The highest BCUT2D eigenvalue weighted by molar-refractivity contribution is 7.86. The van der Waals surface area contributed by atoms with Crippen LogP contribution >= 0.6 is 0 Å². The second-order valence-corrected chi connectivity index (χ2v) is 4.94. The predicted molar refractivity (Wildman–Crippen MR) is 61.5 cm³/mol. The number of fused-ring (bicyclic) bond motifs is 1. The molecule has 6 nitrogen and oxygen atoms in total. The molecule has 0 fully saturated rings. The van der Waals surface area contributed by atoms with Crippen LogP contribution in [0.15, 0.2) is 29.2 Å². The number of phenolic OH excluding ortho intramolecular Hbond substituents is 2. The van der Waals surface area contributed by atoms with E-state index in [1.54, 1.807) is 0 Å². The van der Waals surface area contributed by atoms with Gasteiger partial charge < -0.3 is 15.9 Å². The van der Waals surface area contributed by atoms with Gasteiger partial charge in [0.05, 0.1) is 5.69 Å². The molecule has 0 spiro atoms. The van der Waals surface area contributed by atoms with Gasteiger partial charge in [-0.1, -0.05) is 0 Å². The average Bonchev–Trinajstić information content (AvgIpc) is 2.16. The molecule has 0 radical (unpaired) electrons. The van der Waals surface area contributed by atoms with E-state index < -0.39 is 15.0 Å². The van der Waals surface area contributed by atoms with Crippen LogP contribution in [0.4, 0.5) is 5.69 Å². The number of nitrogens with two attached hydrogens (primary N) is 1. The molecule has 0 aromatic heterocycles. The van der Waals surface area contributed by atoms with Crippen LogP contribution < -0.4 is 5.73 Å². The monoisotopic (exact) mass is 255 g/mol. The fourth-order valence-electron chi connectivity index (χ4n) is 1.60. The topological polar surface area (TPSA) is 121 Å². The summed E-state index contributed by atoms with van der Waals surface area (Å²) in [6.45, 7) is 0. The van der Waals surface area contributed by atoms with Gasteiger partial charge in [-0.25, -0.2) is 0 Å². The van der Waals surface area contributed by atoms with Gasteiger partial charge in [0, 0.05) is 11.5 Å². The van der Waals surface area contributed by atoms with E-state index in [1.807, 2.05) is 0 Å². The summed E-state index contributed by atoms with van der Waals surface area (Å²) in [6.07, 6.45) is 0. The molecule has 0 heterocycles. The van der Waals surface area contributed by atoms with Gasteiger partial charge in [-0.2, -0.15) is 8.42 Å². The Hall–Kier alpha value is -1.99. The van der Waals surface area contributed by atoms with E-state index in [9.17, 15) is 18.6 Å². The highest BCUT2D eigenvalue weighted by Crippen LogP contribution is 2.34. The summed E-state index contributed by atoms with van der Waals surface area (Å²) in [5, 5.41) is 19.4. The van der Waals surface area contributed by atoms with Crippen molar-refractivity contribution in [2.75, 3.05) is 5.73 Å². The van der Waals surface area contributed by atoms with Crippen molar-refractivity contribution in [1.82, 2.24) is 0 Å². The zero-order valence-corrected chi connectivity index (χ0v) is 9.27. The van der Waals surface area contributed by atoms with Gasteiger partial charge in [0.15, 0.2) is 0 Å². The quantitative estimate of drug-likeness (QED) is 0.447. The number of hydrogen-bond acceptors (Lipinski definition) is 5. The summed E-state index contributed by atoms with van der Waals surface area (Å²) in [4.78, 5) is -0.463. The Morgan fingerprint density at radius 1 is 1.06 bits per heavy atom. The standard InChI is InChI=1S/C10H9NO5S/c11-8-4-7-5(1-6(12)3-9(7)13)2-10(8)17(14,15)16/h1-4,12-13H,11H2,(H,14,15,16). The molecule has 90 valence electrons. The molecule has 2 aromatic carbocycles. The molecule has 0 saturated carbocycles. The van der Waals surface area contributed by atoms with E-state index in [4.69, 9.17) is 10.3 Å². The maximum absolute atomic E-state index is 11.0. The molecule has 0 atom stereocenters. The molecule has 0 amide bonds. The van der Waals surface area contributed by atoms with E-state index in [1.165, 1.54) is 12.1 Å². The summed E-state index contributed by atoms with van der Waals surface area (Å²) < 4.78 is 31.0. The molecule has 0 saturated heterocycles. The maximum atomic E-state index is 11.0. The zero-order chi connectivity index (χ0) is 12.8. The zero-order valence-electron chi connectivity index (χ0n) is 8.45. The molecule has 17 heavy (non-hydrogen) atoms. The fourth-order valence-corrected chi connectivity index (χ4v) is 2.23. The number of hydrogen-bond donors (Lipinski definition) is 4. The molecule has 0 aliphatic rings. The van der Waals surface area contributed by atoms with Gasteiger partial charge >= 0.3 is 0 Å². The number of benzene rings is 2. The van der Waals surface area contributed by atoms with Gasteiger partial charge in [-0.15, -0.1) is 0 Å². The van der Waals surface area contributed by atoms with Crippen LogP contribution in [0.5, 0.6) is 11.5 Å². The number of rotatable bonds is 1. The van der Waals surface area contributed by atoms with E-state index in [0.717, 1.165) is 12.1 Å². The van der Waals surface area contributed by atoms with E-state index in [2.05, 4.69) is 0 Å². The molecular weight excluding hydrogens is 246 g/mol. The Kier molecular flexibility index (Phi) is 2.37. The highest BCUT2D eigenvalue weighted by atomic mass is 32.2. The largest absolute Gasteiger partial charge is 0.508 e. The third kappa shape index (κ3) is 1.97. The van der Waals surface area contributed by atoms with Crippen LogP contribution in [-0.4, -0.2) is 23.2 Å². The van der Waals surface area contributed by atoms with Crippen LogP contribution in [-0.2, 0) is 10.1 Å². The van der Waals surface area contributed by atoms with Crippen molar-refractivity contribution in [3.8, 4) is 11.5 Å². The van der Waals surface area contributed by atoms with Crippen LogP contribution in [0.1, 0.15) is 0 Å². The first-order valence-electron chi connectivity index (χ1n) is 4.52. The van der Waals surface area contributed by atoms with E-state index in [-0.39, 0.29) is 28.0 Å². The minimum atomic E-state index is -4.44. The second-order valence-electron chi connectivity index (χ2n) is 3.55. The minimum Gasteiger partial charge on any atom is -0.508 e. The van der Waals surface area contributed by atoms with E-state index in [0.29, 0.717) is 0 Å². The van der Waals surface area contributed by atoms with Crippen LogP contribution in [0.2, 0.25) is 0 Å². The SMILES string of the molecule is Nc1cc2c(O)cc(O)cc2cc1S(=O)(=O)O. The van der Waals surface area contributed by atoms with Crippen LogP contribution in [0.3, 0.4) is 0 Å². The first-order valence-corrected chi connectivity index (χ1v) is 5.96. The normalized spacial score (nSPS) is 11.8. The van der Waals surface area contributed by atoms with Crippen molar-refractivity contribution in [1.29, 1.82) is 0 Å². The van der Waals surface area contributed by atoms with E-state index >= 15 is 0 Å². The molecule has 0 bridgehead atoms. The number of aromatic hydroxyl groups is 2. The molecule has 0 aliphatic carbocycles. The van der Waals surface area contributed by atoms with Crippen molar-refractivity contribution in [3.63, 3.8) is 0 Å². The molecular formula is C10H9NO5S. The first-order chi connectivity index (χ1) is 7.79.